The third-order valence-corrected chi connectivity index (χ3v) is 8.50. The molecule has 1 unspecified atom stereocenters. The van der Waals surface area contributed by atoms with Crippen molar-refractivity contribution in [1.82, 2.24) is 0 Å². The highest BCUT2D eigenvalue weighted by Gasteiger charge is 2.39. The summed E-state index contributed by atoms with van der Waals surface area (Å²) in [6, 6.07) is 9.08. The highest BCUT2D eigenvalue weighted by atomic mass is 28.4. The predicted octanol–water partition coefficient (Wildman–Crippen LogP) is 4.45. The third kappa shape index (κ3) is 4.42. The lowest BCUT2D eigenvalue weighted by Crippen LogP contribution is -2.41. The normalized spacial score (nSPS) is 13.3. The maximum absolute atomic E-state index is 11.6. The van der Waals surface area contributed by atoms with Gasteiger partial charge < -0.3 is 9.16 Å². The Morgan fingerprint density at radius 1 is 1.27 bits per heavy atom. The fourth-order valence-corrected chi connectivity index (χ4v) is 2.78. The van der Waals surface area contributed by atoms with Gasteiger partial charge in [0.1, 0.15) is 0 Å². The number of benzene rings is 1. The van der Waals surface area contributed by atoms with Gasteiger partial charge in [-0.15, -0.1) is 0 Å². The first-order chi connectivity index (χ1) is 10.1. The average Bonchev–Trinajstić information content (AvgIpc) is 2.44. The first-order valence-electron chi connectivity index (χ1n) is 7.47. The SMILES string of the molecule is CCOC(=O)c1ccc(C(C#N)O[Si](C)(C)C(C)(C)C)cc1. The molecule has 0 aliphatic heterocycles. The van der Waals surface area contributed by atoms with E-state index in [0.29, 0.717) is 12.2 Å². The molecular weight excluding hydrogens is 294 g/mol. The van der Waals surface area contributed by atoms with E-state index >= 15 is 0 Å². The largest absolute Gasteiger partial charge is 0.462 e. The number of ether oxygens (including phenoxy) is 1. The summed E-state index contributed by atoms with van der Waals surface area (Å²) in [7, 11) is -2.03. The predicted molar refractivity (Wildman–Crippen MR) is 89.0 cm³/mol. The lowest BCUT2D eigenvalue weighted by molar-refractivity contribution is 0.0526. The van der Waals surface area contributed by atoms with E-state index in [1.165, 1.54) is 0 Å². The quantitative estimate of drug-likeness (QED) is 0.594. The van der Waals surface area contributed by atoms with Crippen molar-refractivity contribution in [2.45, 2.75) is 51.9 Å². The minimum Gasteiger partial charge on any atom is -0.462 e. The minimum absolute atomic E-state index is 0.0347. The molecule has 0 heterocycles. The van der Waals surface area contributed by atoms with Gasteiger partial charge in [-0.25, -0.2) is 4.79 Å². The molecule has 1 atom stereocenters. The molecule has 120 valence electrons. The smallest absolute Gasteiger partial charge is 0.338 e. The Morgan fingerprint density at radius 2 is 1.82 bits per heavy atom. The van der Waals surface area contributed by atoms with Crippen LogP contribution in [-0.2, 0) is 9.16 Å². The highest BCUT2D eigenvalue weighted by Crippen LogP contribution is 2.39. The van der Waals surface area contributed by atoms with E-state index in [9.17, 15) is 10.1 Å². The molecule has 0 aromatic heterocycles. The van der Waals surface area contributed by atoms with E-state index < -0.39 is 14.4 Å². The summed E-state index contributed by atoms with van der Waals surface area (Å²) in [6.07, 6.45) is -0.614. The zero-order valence-corrected chi connectivity index (χ0v) is 15.3. The van der Waals surface area contributed by atoms with Crippen molar-refractivity contribution < 1.29 is 14.0 Å². The van der Waals surface area contributed by atoms with Crippen molar-refractivity contribution in [3.8, 4) is 6.07 Å². The molecule has 1 aromatic carbocycles. The summed E-state index contributed by atoms with van der Waals surface area (Å²) in [5.74, 6) is -0.354. The van der Waals surface area contributed by atoms with Gasteiger partial charge in [0, 0.05) is 0 Å². The van der Waals surface area contributed by atoms with Crippen LogP contribution in [0, 0.1) is 11.3 Å². The van der Waals surface area contributed by atoms with Gasteiger partial charge in [-0.3, -0.25) is 0 Å². The second kappa shape index (κ2) is 7.08. The maximum atomic E-state index is 11.6. The van der Waals surface area contributed by atoms with Crippen molar-refractivity contribution in [1.29, 1.82) is 5.26 Å². The molecule has 0 spiro atoms. The topological polar surface area (TPSA) is 59.3 Å². The summed E-state index contributed by atoms with van der Waals surface area (Å²) in [4.78, 5) is 11.6. The number of hydrogen-bond acceptors (Lipinski definition) is 4. The number of nitriles is 1. The molecule has 0 saturated carbocycles. The van der Waals surface area contributed by atoms with E-state index in [1.807, 2.05) is 0 Å². The van der Waals surface area contributed by atoms with Crippen LogP contribution in [0.25, 0.3) is 0 Å². The van der Waals surface area contributed by atoms with Crippen LogP contribution in [0.5, 0.6) is 0 Å². The molecule has 4 nitrogen and oxygen atoms in total. The Labute approximate surface area is 134 Å². The number of carbonyl (C=O) groups is 1. The number of carbonyl (C=O) groups excluding carboxylic acids is 1. The van der Waals surface area contributed by atoms with Crippen molar-refractivity contribution >= 4 is 14.3 Å². The van der Waals surface area contributed by atoms with Crippen molar-refractivity contribution in [3.05, 3.63) is 35.4 Å². The van der Waals surface area contributed by atoms with Crippen LogP contribution in [0.4, 0.5) is 0 Å². The van der Waals surface area contributed by atoms with E-state index in [0.717, 1.165) is 5.56 Å². The van der Waals surface area contributed by atoms with Gasteiger partial charge in [0.25, 0.3) is 0 Å². The van der Waals surface area contributed by atoms with Crippen LogP contribution < -0.4 is 0 Å². The molecule has 22 heavy (non-hydrogen) atoms. The summed E-state index contributed by atoms with van der Waals surface area (Å²) < 4.78 is 11.1. The molecule has 0 aliphatic rings. The monoisotopic (exact) mass is 319 g/mol. The van der Waals surface area contributed by atoms with Crippen LogP contribution in [0.15, 0.2) is 24.3 Å². The number of rotatable bonds is 5. The van der Waals surface area contributed by atoms with Crippen LogP contribution in [0.2, 0.25) is 18.1 Å². The Bertz CT molecular complexity index is 553. The van der Waals surface area contributed by atoms with Crippen LogP contribution in [0.1, 0.15) is 49.7 Å². The second-order valence-corrected chi connectivity index (χ2v) is 11.5. The van der Waals surface area contributed by atoms with Gasteiger partial charge in [0.15, 0.2) is 14.4 Å². The zero-order valence-electron chi connectivity index (χ0n) is 14.3. The van der Waals surface area contributed by atoms with E-state index in [1.54, 1.807) is 31.2 Å². The molecule has 1 aromatic rings. The van der Waals surface area contributed by atoms with E-state index in [-0.39, 0.29) is 11.0 Å². The molecular formula is C17H25NO3Si. The standard InChI is InChI=1S/C17H25NO3Si/c1-7-20-16(19)14-10-8-13(9-11-14)15(12-18)21-22(5,6)17(2,3)4/h8-11,15H,7H2,1-6H3. The first kappa shape index (κ1) is 18.4. The Balaban J connectivity index is 2.94. The van der Waals surface area contributed by atoms with Crippen LogP contribution >= 0.6 is 0 Å². The minimum atomic E-state index is -2.03. The summed E-state index contributed by atoms with van der Waals surface area (Å²) in [6.45, 7) is 12.8. The van der Waals surface area contributed by atoms with Crippen molar-refractivity contribution in [3.63, 3.8) is 0 Å². The molecule has 1 rings (SSSR count). The Morgan fingerprint density at radius 3 is 2.23 bits per heavy atom. The first-order valence-corrected chi connectivity index (χ1v) is 10.4. The van der Waals surface area contributed by atoms with Gasteiger partial charge in [0.05, 0.1) is 18.2 Å². The lowest BCUT2D eigenvalue weighted by Gasteiger charge is -2.37. The molecule has 0 aliphatic carbocycles. The number of nitrogens with zero attached hydrogens (tertiary/aromatic N) is 1. The summed E-state index contributed by atoms with van der Waals surface area (Å²) >= 11 is 0. The highest BCUT2D eigenvalue weighted by molar-refractivity contribution is 6.74. The number of hydrogen-bond donors (Lipinski definition) is 0. The molecule has 5 heteroatoms. The molecule has 0 radical (unpaired) electrons. The summed E-state index contributed by atoms with van der Waals surface area (Å²) in [5.41, 5.74) is 1.25. The van der Waals surface area contributed by atoms with Crippen molar-refractivity contribution in [2.24, 2.45) is 0 Å². The molecule has 0 fully saturated rings. The third-order valence-electron chi connectivity index (χ3n) is 4.06. The Hall–Kier alpha value is -1.64. The van der Waals surface area contributed by atoms with Crippen LogP contribution in [0.3, 0.4) is 0 Å². The lowest BCUT2D eigenvalue weighted by atomic mass is 10.1. The van der Waals surface area contributed by atoms with Crippen LogP contribution in [-0.4, -0.2) is 20.9 Å². The summed E-state index contributed by atoms with van der Waals surface area (Å²) in [5, 5.41) is 9.46. The fraction of sp³-hybridized carbons (Fsp3) is 0.529. The number of esters is 1. The maximum Gasteiger partial charge on any atom is 0.338 e. The van der Waals surface area contributed by atoms with E-state index in [2.05, 4.69) is 39.9 Å². The van der Waals surface area contributed by atoms with Gasteiger partial charge in [-0.1, -0.05) is 32.9 Å². The van der Waals surface area contributed by atoms with Gasteiger partial charge >= 0.3 is 5.97 Å². The fourth-order valence-electron chi connectivity index (χ4n) is 1.65. The molecule has 0 bridgehead atoms. The van der Waals surface area contributed by atoms with Gasteiger partial charge in [-0.2, -0.15) is 5.26 Å². The van der Waals surface area contributed by atoms with Gasteiger partial charge in [-0.05, 0) is 42.8 Å². The average molecular weight is 319 g/mol. The molecule has 0 N–H and O–H groups in total. The second-order valence-electron chi connectivity index (χ2n) is 6.73. The zero-order chi connectivity index (χ0) is 17.0. The Kier molecular flexibility index (Phi) is 5.92. The van der Waals surface area contributed by atoms with Gasteiger partial charge in [0.2, 0.25) is 0 Å². The van der Waals surface area contributed by atoms with E-state index in [4.69, 9.17) is 9.16 Å². The molecule has 0 amide bonds. The van der Waals surface area contributed by atoms with Crippen molar-refractivity contribution in [2.75, 3.05) is 6.61 Å². The molecule has 0 saturated heterocycles.